The van der Waals surface area contributed by atoms with E-state index in [-0.39, 0.29) is 0 Å². The van der Waals surface area contributed by atoms with Gasteiger partial charge in [0.2, 0.25) is 0 Å². The summed E-state index contributed by atoms with van der Waals surface area (Å²) in [6.45, 7) is 6.82. The predicted molar refractivity (Wildman–Crippen MR) is 107 cm³/mol. The SMILES string of the molecule is CCC1OC(C)[C@@H](OC(C)=O)C(OC(C)=O)[C@H]1OC(C)=O.OCC1OC(O)[C@@H](O)C(O)[C@H]1O. The van der Waals surface area contributed by atoms with Crippen molar-refractivity contribution in [1.29, 1.82) is 0 Å². The topological polar surface area (TPSA) is 199 Å². The third-order valence-corrected chi connectivity index (χ3v) is 5.04. The second-order valence-electron chi connectivity index (χ2n) is 7.73. The molecule has 2 aliphatic rings. The quantitative estimate of drug-likeness (QED) is 0.208. The van der Waals surface area contributed by atoms with Crippen LogP contribution in [0.3, 0.4) is 0 Å². The Morgan fingerprint density at radius 2 is 1.21 bits per heavy atom. The zero-order valence-electron chi connectivity index (χ0n) is 19.2. The van der Waals surface area contributed by atoms with Crippen LogP contribution in [0.4, 0.5) is 0 Å². The van der Waals surface area contributed by atoms with Gasteiger partial charge >= 0.3 is 17.9 Å². The number of carbonyl (C=O) groups is 3. The third-order valence-electron chi connectivity index (χ3n) is 5.04. The van der Waals surface area contributed by atoms with Crippen LogP contribution in [-0.4, -0.2) is 111 Å². The highest BCUT2D eigenvalue weighted by molar-refractivity contribution is 5.68. The fourth-order valence-corrected chi connectivity index (χ4v) is 3.52. The molecule has 0 aromatic carbocycles. The van der Waals surface area contributed by atoms with E-state index in [9.17, 15) is 14.4 Å². The standard InChI is InChI=1S/C14H22O7.C6H12O6/c1-6-11-13(20-9(4)16)14(21-10(5)17)12(7(2)18-11)19-8(3)15;7-1-2-3(8)4(9)5(10)6(11)12-2/h7,11-14H,6H2,1-5H3;2-11H,1H2/t7?,11?,12-,13+,14?;2?,3-,4?,5-,6?/m10/s1. The Balaban J connectivity index is 0.000000383. The molecule has 0 spiro atoms. The van der Waals surface area contributed by atoms with Crippen molar-refractivity contribution < 1.29 is 63.6 Å². The van der Waals surface area contributed by atoms with Gasteiger partial charge in [-0.3, -0.25) is 14.4 Å². The normalized spacial score (nSPS) is 38.4. The Morgan fingerprint density at radius 3 is 1.67 bits per heavy atom. The molecule has 2 heterocycles. The maximum absolute atomic E-state index is 11.3. The number of hydrogen-bond acceptors (Lipinski definition) is 13. The zero-order chi connectivity index (χ0) is 25.5. The van der Waals surface area contributed by atoms with Gasteiger partial charge in [-0.05, 0) is 13.3 Å². The van der Waals surface area contributed by atoms with E-state index in [4.69, 9.17) is 44.5 Å². The van der Waals surface area contributed by atoms with Crippen LogP contribution in [0.15, 0.2) is 0 Å². The van der Waals surface area contributed by atoms with Crippen LogP contribution in [-0.2, 0) is 38.1 Å². The van der Waals surface area contributed by atoms with Gasteiger partial charge in [0.25, 0.3) is 0 Å². The highest BCUT2D eigenvalue weighted by Gasteiger charge is 2.49. The van der Waals surface area contributed by atoms with Gasteiger partial charge < -0.3 is 49.2 Å². The molecule has 0 amide bonds. The number of hydrogen-bond donors (Lipinski definition) is 5. The predicted octanol–water partition coefficient (Wildman–Crippen LogP) is -2.24. The molecule has 0 aromatic rings. The minimum Gasteiger partial charge on any atom is -0.456 e. The number of aliphatic hydroxyl groups excluding tert-OH is 5. The number of carbonyl (C=O) groups excluding carboxylic acids is 3. The van der Waals surface area contributed by atoms with Crippen molar-refractivity contribution in [1.82, 2.24) is 0 Å². The molecule has 0 saturated carbocycles. The average molecular weight is 482 g/mol. The Labute approximate surface area is 191 Å². The summed E-state index contributed by atoms with van der Waals surface area (Å²) in [5.41, 5.74) is 0. The Kier molecular flexibility index (Phi) is 11.6. The molecular weight excluding hydrogens is 448 g/mol. The largest absolute Gasteiger partial charge is 0.456 e. The smallest absolute Gasteiger partial charge is 0.303 e. The summed E-state index contributed by atoms with van der Waals surface area (Å²) in [7, 11) is 0. The van der Waals surface area contributed by atoms with Crippen LogP contribution < -0.4 is 0 Å². The lowest BCUT2D eigenvalue weighted by molar-refractivity contribution is -0.286. The van der Waals surface area contributed by atoms with Crippen LogP contribution in [0.5, 0.6) is 0 Å². The van der Waals surface area contributed by atoms with Gasteiger partial charge in [0.05, 0.1) is 18.8 Å². The molecule has 6 unspecified atom stereocenters. The number of aliphatic hydroxyl groups is 5. The van der Waals surface area contributed by atoms with Crippen LogP contribution in [0.25, 0.3) is 0 Å². The van der Waals surface area contributed by atoms with E-state index in [1.165, 1.54) is 20.8 Å². The summed E-state index contributed by atoms with van der Waals surface area (Å²) >= 11 is 0. The molecule has 0 aliphatic carbocycles. The van der Waals surface area contributed by atoms with E-state index >= 15 is 0 Å². The summed E-state index contributed by atoms with van der Waals surface area (Å²) in [5.74, 6) is -1.59. The Bertz CT molecular complexity index is 651. The van der Waals surface area contributed by atoms with Crippen molar-refractivity contribution in [3.8, 4) is 0 Å². The fraction of sp³-hybridized carbons (Fsp3) is 0.850. The van der Waals surface area contributed by atoms with Crippen LogP contribution in [0.2, 0.25) is 0 Å². The van der Waals surface area contributed by atoms with Crippen molar-refractivity contribution >= 4 is 17.9 Å². The van der Waals surface area contributed by atoms with E-state index in [2.05, 4.69) is 4.74 Å². The summed E-state index contributed by atoms with van der Waals surface area (Å²) in [6, 6.07) is 0. The Hall–Kier alpha value is -1.87. The fourth-order valence-electron chi connectivity index (χ4n) is 3.52. The first-order chi connectivity index (χ1) is 15.3. The van der Waals surface area contributed by atoms with Crippen molar-refractivity contribution in [2.75, 3.05) is 6.61 Å². The minimum absolute atomic E-state index is 0.431. The van der Waals surface area contributed by atoms with Crippen molar-refractivity contribution in [3.05, 3.63) is 0 Å². The van der Waals surface area contributed by atoms with Gasteiger partial charge in [-0.25, -0.2) is 0 Å². The molecular formula is C20H34O13. The second-order valence-corrected chi connectivity index (χ2v) is 7.73. The van der Waals surface area contributed by atoms with Gasteiger partial charge in [-0.15, -0.1) is 0 Å². The molecule has 0 aromatic heterocycles. The molecule has 33 heavy (non-hydrogen) atoms. The van der Waals surface area contributed by atoms with E-state index in [1.807, 2.05) is 6.92 Å². The first-order valence-corrected chi connectivity index (χ1v) is 10.5. The highest BCUT2D eigenvalue weighted by Crippen LogP contribution is 2.30. The molecule has 2 aliphatic heterocycles. The summed E-state index contributed by atoms with van der Waals surface area (Å²) in [6.07, 6.45) is -9.90. The van der Waals surface area contributed by atoms with Gasteiger partial charge in [0.1, 0.15) is 24.4 Å². The van der Waals surface area contributed by atoms with E-state index in [0.29, 0.717) is 6.42 Å². The molecule has 192 valence electrons. The highest BCUT2D eigenvalue weighted by atomic mass is 16.7. The number of ether oxygens (including phenoxy) is 5. The molecule has 2 saturated heterocycles. The van der Waals surface area contributed by atoms with Crippen molar-refractivity contribution in [2.24, 2.45) is 0 Å². The summed E-state index contributed by atoms with van der Waals surface area (Å²) in [5, 5.41) is 44.7. The Morgan fingerprint density at radius 1 is 0.727 bits per heavy atom. The lowest BCUT2D eigenvalue weighted by Crippen LogP contribution is -2.60. The van der Waals surface area contributed by atoms with Gasteiger partial charge in [-0.2, -0.15) is 0 Å². The monoisotopic (exact) mass is 482 g/mol. The second kappa shape index (κ2) is 13.1. The third kappa shape index (κ3) is 8.14. The first kappa shape index (κ1) is 29.2. The molecule has 2 rings (SSSR count). The molecule has 2 fully saturated rings. The van der Waals surface area contributed by atoms with Gasteiger partial charge in [0.15, 0.2) is 24.6 Å². The van der Waals surface area contributed by atoms with Crippen LogP contribution in [0.1, 0.15) is 41.0 Å². The van der Waals surface area contributed by atoms with Crippen molar-refractivity contribution in [3.63, 3.8) is 0 Å². The molecule has 10 atom stereocenters. The van der Waals surface area contributed by atoms with Crippen LogP contribution >= 0.6 is 0 Å². The summed E-state index contributed by atoms with van der Waals surface area (Å²) < 4.78 is 26.0. The minimum atomic E-state index is -1.57. The van der Waals surface area contributed by atoms with Crippen molar-refractivity contribution in [2.45, 2.75) is 102 Å². The van der Waals surface area contributed by atoms with E-state index in [0.717, 1.165) is 0 Å². The lowest BCUT2D eigenvalue weighted by Gasteiger charge is -2.43. The molecule has 0 radical (unpaired) electrons. The molecule has 13 heteroatoms. The zero-order valence-corrected chi connectivity index (χ0v) is 19.2. The number of rotatable bonds is 5. The average Bonchev–Trinajstić information content (AvgIpc) is 2.73. The van der Waals surface area contributed by atoms with E-state index in [1.54, 1.807) is 6.92 Å². The lowest BCUT2D eigenvalue weighted by atomic mass is 9.93. The summed E-state index contributed by atoms with van der Waals surface area (Å²) in [4.78, 5) is 33.9. The molecule has 5 N–H and O–H groups in total. The molecule has 0 bridgehead atoms. The van der Waals surface area contributed by atoms with Crippen LogP contribution in [0, 0.1) is 0 Å². The van der Waals surface area contributed by atoms with Gasteiger partial charge in [0, 0.05) is 20.8 Å². The maximum atomic E-state index is 11.3. The van der Waals surface area contributed by atoms with E-state index < -0.39 is 85.7 Å². The van der Waals surface area contributed by atoms with Gasteiger partial charge in [-0.1, -0.05) is 6.92 Å². The molecule has 13 nitrogen and oxygen atoms in total. The maximum Gasteiger partial charge on any atom is 0.303 e. The number of esters is 3. The first-order valence-electron chi connectivity index (χ1n) is 10.5.